The van der Waals surface area contributed by atoms with E-state index in [9.17, 15) is 0 Å². The summed E-state index contributed by atoms with van der Waals surface area (Å²) in [5.74, 6) is 1.10. The lowest BCUT2D eigenvalue weighted by molar-refractivity contribution is 0.398. The van der Waals surface area contributed by atoms with E-state index in [4.69, 9.17) is 4.98 Å². The van der Waals surface area contributed by atoms with Crippen molar-refractivity contribution in [2.45, 2.75) is 52.5 Å². The smallest absolute Gasteiger partial charge is 0.0476 e. The van der Waals surface area contributed by atoms with Crippen LogP contribution >= 0.6 is 0 Å². The van der Waals surface area contributed by atoms with Gasteiger partial charge >= 0.3 is 0 Å². The molecule has 1 atom stereocenters. The molecule has 0 fully saturated rings. The lowest BCUT2D eigenvalue weighted by atomic mass is 9.95. The molecule has 0 aromatic carbocycles. The number of hydrogen-bond donors (Lipinski definition) is 0. The van der Waals surface area contributed by atoms with Gasteiger partial charge in [-0.1, -0.05) is 33.8 Å². The van der Waals surface area contributed by atoms with E-state index < -0.39 is 0 Å². The minimum Gasteiger partial charge on any atom is -0.305 e. The van der Waals surface area contributed by atoms with Gasteiger partial charge in [0, 0.05) is 18.4 Å². The zero-order valence-corrected chi connectivity index (χ0v) is 12.1. The van der Waals surface area contributed by atoms with Gasteiger partial charge in [-0.2, -0.15) is 0 Å². The van der Waals surface area contributed by atoms with E-state index in [1.165, 1.54) is 16.8 Å². The van der Waals surface area contributed by atoms with E-state index in [0.717, 1.165) is 13.0 Å². The highest BCUT2D eigenvalue weighted by Gasteiger charge is 2.13. The first-order valence-electron chi connectivity index (χ1n) is 6.59. The third-order valence-electron chi connectivity index (χ3n) is 3.26. The van der Waals surface area contributed by atoms with Crippen LogP contribution in [0.1, 0.15) is 62.8 Å². The standard InChI is InChI=1S/C15H26N2/c1-7-12(4)15-14(10-17(5)6)8-13(9-16-15)11(2)3/h8-9,11-12H,7,10H2,1-6H3. The fraction of sp³-hybridized carbons (Fsp3) is 0.667. The van der Waals surface area contributed by atoms with Gasteiger partial charge in [0.15, 0.2) is 0 Å². The molecule has 2 heteroatoms. The maximum atomic E-state index is 4.70. The normalized spacial score (nSPS) is 13.4. The van der Waals surface area contributed by atoms with E-state index in [1.807, 2.05) is 6.20 Å². The monoisotopic (exact) mass is 234 g/mol. The Morgan fingerprint density at radius 2 is 1.88 bits per heavy atom. The number of nitrogens with zero attached hydrogens (tertiary/aromatic N) is 2. The predicted molar refractivity (Wildman–Crippen MR) is 74.4 cm³/mol. The second-order valence-corrected chi connectivity index (χ2v) is 5.51. The summed E-state index contributed by atoms with van der Waals surface area (Å²) < 4.78 is 0. The molecular weight excluding hydrogens is 208 g/mol. The van der Waals surface area contributed by atoms with Gasteiger partial charge in [0.1, 0.15) is 0 Å². The Labute approximate surface area is 106 Å². The predicted octanol–water partition coefficient (Wildman–Crippen LogP) is 3.78. The SMILES string of the molecule is CCC(C)c1ncc(C(C)C)cc1CN(C)C. The second kappa shape index (κ2) is 6.15. The third kappa shape index (κ3) is 3.81. The third-order valence-corrected chi connectivity index (χ3v) is 3.26. The summed E-state index contributed by atoms with van der Waals surface area (Å²) in [7, 11) is 4.23. The molecule has 1 aromatic heterocycles. The average molecular weight is 234 g/mol. The molecule has 2 nitrogen and oxygen atoms in total. The largest absolute Gasteiger partial charge is 0.305 e. The molecule has 0 amide bonds. The van der Waals surface area contributed by atoms with Crippen molar-refractivity contribution in [1.82, 2.24) is 9.88 Å². The second-order valence-electron chi connectivity index (χ2n) is 5.51. The molecule has 17 heavy (non-hydrogen) atoms. The molecule has 1 rings (SSSR count). The van der Waals surface area contributed by atoms with Crippen molar-refractivity contribution >= 4 is 0 Å². The van der Waals surface area contributed by atoms with Gasteiger partial charge in [0.05, 0.1) is 0 Å². The van der Waals surface area contributed by atoms with Crippen molar-refractivity contribution in [2.24, 2.45) is 0 Å². The molecule has 0 aliphatic rings. The van der Waals surface area contributed by atoms with Crippen molar-refractivity contribution in [3.8, 4) is 0 Å². The number of rotatable bonds is 5. The fourth-order valence-electron chi connectivity index (χ4n) is 1.96. The van der Waals surface area contributed by atoms with Gasteiger partial charge in [-0.15, -0.1) is 0 Å². The van der Waals surface area contributed by atoms with Crippen LogP contribution in [0.5, 0.6) is 0 Å². The zero-order chi connectivity index (χ0) is 13.0. The van der Waals surface area contributed by atoms with Gasteiger partial charge < -0.3 is 4.90 Å². The van der Waals surface area contributed by atoms with Crippen molar-refractivity contribution in [3.63, 3.8) is 0 Å². The number of hydrogen-bond acceptors (Lipinski definition) is 2. The summed E-state index contributed by atoms with van der Waals surface area (Å²) in [5, 5.41) is 0. The quantitative estimate of drug-likeness (QED) is 0.770. The molecule has 1 aromatic rings. The molecule has 0 aliphatic heterocycles. The van der Waals surface area contributed by atoms with Crippen LogP contribution in [0.15, 0.2) is 12.3 Å². The lowest BCUT2D eigenvalue weighted by Crippen LogP contribution is -2.14. The van der Waals surface area contributed by atoms with Crippen LogP contribution in [0, 0.1) is 0 Å². The first-order chi connectivity index (χ1) is 7.95. The summed E-state index contributed by atoms with van der Waals surface area (Å²) >= 11 is 0. The van der Waals surface area contributed by atoms with Crippen LogP contribution in [0.4, 0.5) is 0 Å². The fourth-order valence-corrected chi connectivity index (χ4v) is 1.96. The van der Waals surface area contributed by atoms with Gasteiger partial charge in [0.25, 0.3) is 0 Å². The molecule has 1 unspecified atom stereocenters. The molecule has 0 saturated heterocycles. The number of pyridine rings is 1. The van der Waals surface area contributed by atoms with E-state index >= 15 is 0 Å². The van der Waals surface area contributed by atoms with E-state index in [-0.39, 0.29) is 0 Å². The Kier molecular flexibility index (Phi) is 5.13. The topological polar surface area (TPSA) is 16.1 Å². The maximum absolute atomic E-state index is 4.70. The molecule has 96 valence electrons. The summed E-state index contributed by atoms with van der Waals surface area (Å²) in [5.41, 5.74) is 4.00. The van der Waals surface area contributed by atoms with Crippen LogP contribution in [-0.2, 0) is 6.54 Å². The Balaban J connectivity index is 3.11. The highest BCUT2D eigenvalue weighted by atomic mass is 15.0. The van der Waals surface area contributed by atoms with E-state index in [0.29, 0.717) is 11.8 Å². The van der Waals surface area contributed by atoms with Crippen molar-refractivity contribution in [2.75, 3.05) is 14.1 Å². The molecule has 0 aliphatic carbocycles. The summed E-state index contributed by atoms with van der Waals surface area (Å²) in [6, 6.07) is 2.33. The van der Waals surface area contributed by atoms with Crippen LogP contribution in [0.25, 0.3) is 0 Å². The first kappa shape index (κ1) is 14.2. The molecule has 0 radical (unpaired) electrons. The molecule has 0 saturated carbocycles. The average Bonchev–Trinajstić information content (AvgIpc) is 2.27. The summed E-state index contributed by atoms with van der Waals surface area (Å²) in [4.78, 5) is 6.91. The zero-order valence-electron chi connectivity index (χ0n) is 12.1. The first-order valence-corrected chi connectivity index (χ1v) is 6.59. The van der Waals surface area contributed by atoms with Gasteiger partial charge in [0.2, 0.25) is 0 Å². The lowest BCUT2D eigenvalue weighted by Gasteiger charge is -2.19. The minimum atomic E-state index is 0.547. The highest BCUT2D eigenvalue weighted by Crippen LogP contribution is 2.24. The van der Waals surface area contributed by atoms with Gasteiger partial charge in [-0.3, -0.25) is 4.98 Å². The summed E-state index contributed by atoms with van der Waals surface area (Å²) in [6.07, 6.45) is 3.19. The maximum Gasteiger partial charge on any atom is 0.0476 e. The van der Waals surface area contributed by atoms with E-state index in [2.05, 4.69) is 52.8 Å². The molecule has 0 N–H and O–H groups in total. The molecular formula is C15H26N2. The Hall–Kier alpha value is -0.890. The van der Waals surface area contributed by atoms with Crippen LogP contribution in [0.2, 0.25) is 0 Å². The van der Waals surface area contributed by atoms with Crippen LogP contribution in [-0.4, -0.2) is 24.0 Å². The Bertz CT molecular complexity index is 356. The van der Waals surface area contributed by atoms with Gasteiger partial charge in [-0.25, -0.2) is 0 Å². The Morgan fingerprint density at radius 1 is 1.24 bits per heavy atom. The Morgan fingerprint density at radius 3 is 2.35 bits per heavy atom. The number of aromatic nitrogens is 1. The van der Waals surface area contributed by atoms with Crippen LogP contribution < -0.4 is 0 Å². The summed E-state index contributed by atoms with van der Waals surface area (Å²) in [6.45, 7) is 9.91. The molecule has 0 spiro atoms. The van der Waals surface area contributed by atoms with Crippen molar-refractivity contribution < 1.29 is 0 Å². The highest BCUT2D eigenvalue weighted by molar-refractivity contribution is 5.29. The van der Waals surface area contributed by atoms with E-state index in [1.54, 1.807) is 0 Å². The van der Waals surface area contributed by atoms with Crippen LogP contribution in [0.3, 0.4) is 0 Å². The van der Waals surface area contributed by atoms with Crippen molar-refractivity contribution in [3.05, 3.63) is 29.1 Å². The minimum absolute atomic E-state index is 0.547. The van der Waals surface area contributed by atoms with Crippen molar-refractivity contribution in [1.29, 1.82) is 0 Å². The van der Waals surface area contributed by atoms with Gasteiger partial charge in [-0.05, 0) is 43.5 Å². The molecule has 0 bridgehead atoms. The molecule has 1 heterocycles.